The third-order valence-electron chi connectivity index (χ3n) is 9.82. The van der Waals surface area contributed by atoms with Crippen LogP contribution in [-0.2, 0) is 0 Å². The number of fused-ring (bicyclic) bond motifs is 9. The smallest absolute Gasteiger partial charge is 0.0979 e. The molecule has 10 aromatic rings. The Morgan fingerprint density at radius 3 is 1.65 bits per heavy atom. The average Bonchev–Trinajstić information content (AvgIpc) is 3.52. The second kappa shape index (κ2) is 11.0. The quantitative estimate of drug-likeness (QED) is 0.183. The highest BCUT2D eigenvalue weighted by atomic mass is 15.0. The minimum Gasteiger partial charge on any atom is -0.309 e. The number of para-hydroxylation sites is 2. The van der Waals surface area contributed by atoms with E-state index in [0.717, 1.165) is 38.6 Å². The van der Waals surface area contributed by atoms with E-state index in [9.17, 15) is 0 Å². The van der Waals surface area contributed by atoms with E-state index in [0.29, 0.717) is 0 Å². The van der Waals surface area contributed by atoms with Crippen LogP contribution in [0.25, 0.3) is 93.6 Å². The SMILES string of the molecule is c1ccc(-n2c3ccccc3c3cc(-c4cccc(-c5ccc(-c6cnc7c8ccccc8c8ccccc8c7n6)cc5)c4)ccc32)cc1. The lowest BCUT2D eigenvalue weighted by Crippen LogP contribution is -1.92. The summed E-state index contributed by atoms with van der Waals surface area (Å²) in [6.45, 7) is 0. The van der Waals surface area contributed by atoms with Crippen LogP contribution in [0.3, 0.4) is 0 Å². The molecule has 228 valence electrons. The molecule has 0 aliphatic heterocycles. The summed E-state index contributed by atoms with van der Waals surface area (Å²) in [5.41, 5.74) is 12.1. The van der Waals surface area contributed by atoms with Crippen molar-refractivity contribution in [1.82, 2.24) is 14.5 Å². The molecule has 8 aromatic carbocycles. The molecule has 3 nitrogen and oxygen atoms in total. The lowest BCUT2D eigenvalue weighted by Gasteiger charge is -2.11. The number of nitrogens with zero attached hydrogens (tertiary/aromatic N) is 3. The summed E-state index contributed by atoms with van der Waals surface area (Å²) < 4.78 is 2.36. The molecule has 0 fully saturated rings. The molecule has 3 heteroatoms. The Bertz CT molecular complexity index is 2830. The van der Waals surface area contributed by atoms with E-state index >= 15 is 0 Å². The van der Waals surface area contributed by atoms with Gasteiger partial charge in [-0.1, -0.05) is 133 Å². The molecule has 10 rings (SSSR count). The van der Waals surface area contributed by atoms with Crippen LogP contribution in [-0.4, -0.2) is 14.5 Å². The Morgan fingerprint density at radius 1 is 0.347 bits per heavy atom. The molecule has 2 aromatic heterocycles. The Labute approximate surface area is 283 Å². The molecule has 0 saturated carbocycles. The summed E-state index contributed by atoms with van der Waals surface area (Å²) >= 11 is 0. The predicted octanol–water partition coefficient (Wildman–Crippen LogP) is 12.0. The largest absolute Gasteiger partial charge is 0.309 e. The summed E-state index contributed by atoms with van der Waals surface area (Å²) in [5.74, 6) is 0. The van der Waals surface area contributed by atoms with Gasteiger partial charge in [0.25, 0.3) is 0 Å². The van der Waals surface area contributed by atoms with Gasteiger partial charge in [-0.05, 0) is 69.4 Å². The number of hydrogen-bond acceptors (Lipinski definition) is 2. The van der Waals surface area contributed by atoms with Crippen LogP contribution in [0.2, 0.25) is 0 Å². The molecule has 0 radical (unpaired) electrons. The Kier molecular flexibility index (Phi) is 6.18. The molecule has 0 bridgehead atoms. The highest BCUT2D eigenvalue weighted by Crippen LogP contribution is 2.37. The summed E-state index contributed by atoms with van der Waals surface area (Å²) in [4.78, 5) is 10.1. The third-order valence-corrected chi connectivity index (χ3v) is 9.82. The summed E-state index contributed by atoms with van der Waals surface area (Å²) in [5, 5.41) is 7.18. The normalized spacial score (nSPS) is 11.7. The maximum atomic E-state index is 5.18. The molecule has 0 N–H and O–H groups in total. The van der Waals surface area contributed by atoms with Gasteiger partial charge in [0.1, 0.15) is 0 Å². The minimum atomic E-state index is 0.871. The Hall–Kier alpha value is -6.58. The molecule has 0 amide bonds. The lowest BCUT2D eigenvalue weighted by molar-refractivity contribution is 1.18. The Balaban J connectivity index is 1.02. The van der Waals surface area contributed by atoms with Gasteiger partial charge in [-0.2, -0.15) is 0 Å². The van der Waals surface area contributed by atoms with Gasteiger partial charge in [0.2, 0.25) is 0 Å². The topological polar surface area (TPSA) is 30.7 Å². The maximum Gasteiger partial charge on any atom is 0.0979 e. The number of hydrogen-bond donors (Lipinski definition) is 0. The van der Waals surface area contributed by atoms with Gasteiger partial charge in [-0.15, -0.1) is 0 Å². The standard InChI is InChI=1S/C46H29N3/c1-2-13-35(14-3-1)49-43-20-9-8-17-38(43)41-28-34(25-26-44(41)49)33-12-10-11-32(27-33)30-21-23-31(24-22-30)42-29-47-45-39-18-6-4-15-36(39)37-16-5-7-19-40(37)46(45)48-42/h1-29H. The van der Waals surface area contributed by atoms with Crippen LogP contribution >= 0.6 is 0 Å². The zero-order chi connectivity index (χ0) is 32.3. The van der Waals surface area contributed by atoms with Crippen molar-refractivity contribution in [3.05, 3.63) is 176 Å². The molecular weight excluding hydrogens is 595 g/mol. The van der Waals surface area contributed by atoms with Crippen LogP contribution in [0.4, 0.5) is 0 Å². The van der Waals surface area contributed by atoms with E-state index in [1.54, 1.807) is 0 Å². The first-order valence-electron chi connectivity index (χ1n) is 16.7. The van der Waals surface area contributed by atoms with Gasteiger partial charge >= 0.3 is 0 Å². The first-order valence-corrected chi connectivity index (χ1v) is 16.7. The molecule has 0 atom stereocenters. The van der Waals surface area contributed by atoms with Crippen LogP contribution in [0.15, 0.2) is 176 Å². The molecule has 0 aliphatic carbocycles. The van der Waals surface area contributed by atoms with E-state index < -0.39 is 0 Å². The van der Waals surface area contributed by atoms with Crippen molar-refractivity contribution in [1.29, 1.82) is 0 Å². The molecule has 0 saturated heterocycles. The van der Waals surface area contributed by atoms with Gasteiger partial charge in [0.05, 0.1) is 34.0 Å². The molecule has 0 spiro atoms. The summed E-state index contributed by atoms with van der Waals surface area (Å²) in [7, 11) is 0. The van der Waals surface area contributed by atoms with Crippen LogP contribution < -0.4 is 0 Å². The van der Waals surface area contributed by atoms with E-state index in [1.165, 1.54) is 55.0 Å². The number of aromatic nitrogens is 3. The average molecular weight is 624 g/mol. The van der Waals surface area contributed by atoms with Crippen molar-refractivity contribution in [2.45, 2.75) is 0 Å². The van der Waals surface area contributed by atoms with Crippen molar-refractivity contribution in [2.24, 2.45) is 0 Å². The third kappa shape index (κ3) is 4.44. The first-order chi connectivity index (χ1) is 24.3. The monoisotopic (exact) mass is 623 g/mol. The highest BCUT2D eigenvalue weighted by Gasteiger charge is 2.14. The van der Waals surface area contributed by atoms with Gasteiger partial charge in [-0.3, -0.25) is 4.98 Å². The van der Waals surface area contributed by atoms with Crippen LogP contribution in [0.5, 0.6) is 0 Å². The van der Waals surface area contributed by atoms with E-state index in [4.69, 9.17) is 9.97 Å². The minimum absolute atomic E-state index is 0.871. The number of benzene rings is 8. The van der Waals surface area contributed by atoms with Gasteiger partial charge in [0.15, 0.2) is 0 Å². The van der Waals surface area contributed by atoms with Crippen molar-refractivity contribution in [3.8, 4) is 39.2 Å². The molecule has 0 unspecified atom stereocenters. The first kappa shape index (κ1) is 27.5. The second-order valence-corrected chi connectivity index (χ2v) is 12.6. The Morgan fingerprint density at radius 2 is 0.898 bits per heavy atom. The zero-order valence-electron chi connectivity index (χ0n) is 26.6. The summed E-state index contributed by atoms with van der Waals surface area (Å²) in [6.07, 6.45) is 1.91. The van der Waals surface area contributed by atoms with E-state index in [-0.39, 0.29) is 0 Å². The van der Waals surface area contributed by atoms with Gasteiger partial charge in [0, 0.05) is 32.8 Å². The van der Waals surface area contributed by atoms with Crippen molar-refractivity contribution >= 4 is 54.4 Å². The van der Waals surface area contributed by atoms with Gasteiger partial charge < -0.3 is 4.57 Å². The van der Waals surface area contributed by atoms with Crippen molar-refractivity contribution in [2.75, 3.05) is 0 Å². The van der Waals surface area contributed by atoms with E-state index in [2.05, 4.69) is 174 Å². The highest BCUT2D eigenvalue weighted by molar-refractivity contribution is 6.23. The molecular formula is C46H29N3. The van der Waals surface area contributed by atoms with Crippen LogP contribution in [0.1, 0.15) is 0 Å². The van der Waals surface area contributed by atoms with E-state index in [1.807, 2.05) is 6.20 Å². The summed E-state index contributed by atoms with van der Waals surface area (Å²) in [6, 6.07) is 60.6. The maximum absolute atomic E-state index is 5.18. The van der Waals surface area contributed by atoms with Crippen LogP contribution in [0, 0.1) is 0 Å². The van der Waals surface area contributed by atoms with Crippen molar-refractivity contribution in [3.63, 3.8) is 0 Å². The molecule has 49 heavy (non-hydrogen) atoms. The van der Waals surface area contributed by atoms with Gasteiger partial charge in [-0.25, -0.2) is 4.98 Å². The second-order valence-electron chi connectivity index (χ2n) is 12.6. The fourth-order valence-corrected chi connectivity index (χ4v) is 7.48. The number of rotatable bonds is 4. The lowest BCUT2D eigenvalue weighted by atomic mass is 9.97. The fourth-order valence-electron chi connectivity index (χ4n) is 7.48. The van der Waals surface area contributed by atoms with Crippen molar-refractivity contribution < 1.29 is 0 Å². The molecule has 0 aliphatic rings. The predicted molar refractivity (Wildman–Crippen MR) is 205 cm³/mol. The molecule has 2 heterocycles. The fraction of sp³-hybridized carbons (Fsp3) is 0. The zero-order valence-corrected chi connectivity index (χ0v) is 26.6.